The summed E-state index contributed by atoms with van der Waals surface area (Å²) in [5.74, 6) is 0. The number of aromatic nitrogens is 4. The van der Waals surface area contributed by atoms with Gasteiger partial charge in [0.05, 0.1) is 14.1 Å². The lowest BCUT2D eigenvalue weighted by Gasteiger charge is -1.78. The first-order chi connectivity index (χ1) is 4.79. The summed E-state index contributed by atoms with van der Waals surface area (Å²) in [6, 6.07) is 0. The predicted molar refractivity (Wildman–Crippen MR) is 36.2 cm³/mol. The van der Waals surface area contributed by atoms with E-state index in [2.05, 4.69) is 9.97 Å². The Balaban J connectivity index is 2.98. The number of nitrogens with zero attached hydrogens (tertiary/aromatic N) is 3. The Morgan fingerprint density at radius 3 is 3.20 bits per heavy atom. The summed E-state index contributed by atoms with van der Waals surface area (Å²) in [7, 11) is 3.96. The standard InChI is InChI=1S/C6H9N4/c1-9-4-10(2)6-5(9)7-3-8-6/h3-4H,1-2H3,(H,7,8)/q+1. The Morgan fingerprint density at radius 2 is 2.50 bits per heavy atom. The zero-order valence-electron chi connectivity index (χ0n) is 6.00. The van der Waals surface area contributed by atoms with E-state index in [1.165, 1.54) is 0 Å². The number of rotatable bonds is 0. The molecule has 4 heteroatoms. The number of aromatic amines is 1. The molecule has 0 aliphatic rings. The molecule has 0 atom stereocenters. The maximum absolute atomic E-state index is 4.13. The summed E-state index contributed by atoms with van der Waals surface area (Å²) in [6.07, 6.45) is 3.68. The Kier molecular flexibility index (Phi) is 0.869. The van der Waals surface area contributed by atoms with Crippen LogP contribution in [0.25, 0.3) is 11.3 Å². The maximum atomic E-state index is 4.13. The van der Waals surface area contributed by atoms with Crippen LogP contribution in [0.1, 0.15) is 0 Å². The molecule has 0 saturated heterocycles. The van der Waals surface area contributed by atoms with Crippen molar-refractivity contribution in [3.63, 3.8) is 0 Å². The molecule has 2 aromatic heterocycles. The number of imidazole rings is 2. The second-order valence-electron chi connectivity index (χ2n) is 2.41. The molecule has 2 heterocycles. The summed E-state index contributed by atoms with van der Waals surface area (Å²) in [4.78, 5) is 7.17. The van der Waals surface area contributed by atoms with Gasteiger partial charge in [0.1, 0.15) is 0 Å². The fourth-order valence-corrected chi connectivity index (χ4v) is 1.17. The third-order valence-electron chi connectivity index (χ3n) is 1.63. The van der Waals surface area contributed by atoms with Crippen LogP contribution in [0.15, 0.2) is 12.7 Å². The predicted octanol–water partition coefficient (Wildman–Crippen LogP) is -0.274. The molecule has 0 amide bonds. The summed E-state index contributed by atoms with van der Waals surface area (Å²) in [5.41, 5.74) is 2.05. The molecule has 0 aromatic carbocycles. The molecule has 0 aliphatic heterocycles. The van der Waals surface area contributed by atoms with Crippen LogP contribution >= 0.6 is 0 Å². The van der Waals surface area contributed by atoms with Gasteiger partial charge in [-0.3, -0.25) is 0 Å². The van der Waals surface area contributed by atoms with Gasteiger partial charge in [-0.1, -0.05) is 4.98 Å². The molecule has 2 rings (SSSR count). The van der Waals surface area contributed by atoms with Gasteiger partial charge >= 0.3 is 5.65 Å². The molecule has 10 heavy (non-hydrogen) atoms. The zero-order valence-corrected chi connectivity index (χ0v) is 6.00. The van der Waals surface area contributed by atoms with Gasteiger partial charge in [0, 0.05) is 0 Å². The van der Waals surface area contributed by atoms with Crippen LogP contribution in [0.3, 0.4) is 0 Å². The molecule has 0 bridgehead atoms. The molecule has 4 nitrogen and oxygen atoms in total. The van der Waals surface area contributed by atoms with Crippen LogP contribution in [-0.4, -0.2) is 14.5 Å². The average Bonchev–Trinajstić information content (AvgIpc) is 2.39. The molecule has 0 fully saturated rings. The smallest absolute Gasteiger partial charge is 0.300 e. The summed E-state index contributed by atoms with van der Waals surface area (Å²) in [6.45, 7) is 0. The summed E-state index contributed by atoms with van der Waals surface area (Å²) in [5, 5.41) is 0. The van der Waals surface area contributed by atoms with E-state index in [1.54, 1.807) is 6.33 Å². The molecule has 0 saturated carbocycles. The third-order valence-corrected chi connectivity index (χ3v) is 1.63. The van der Waals surface area contributed by atoms with Crippen LogP contribution in [0.2, 0.25) is 0 Å². The minimum absolute atomic E-state index is 0.988. The van der Waals surface area contributed by atoms with Crippen LogP contribution < -0.4 is 4.57 Å². The zero-order chi connectivity index (χ0) is 7.14. The van der Waals surface area contributed by atoms with E-state index in [-0.39, 0.29) is 0 Å². The first-order valence-electron chi connectivity index (χ1n) is 3.13. The summed E-state index contributed by atoms with van der Waals surface area (Å²) < 4.78 is 3.98. The van der Waals surface area contributed by atoms with Crippen molar-refractivity contribution < 1.29 is 4.57 Å². The topological polar surface area (TPSA) is 37.5 Å². The van der Waals surface area contributed by atoms with Gasteiger partial charge in [-0.15, -0.1) is 0 Å². The molecule has 2 aromatic rings. The number of fused-ring (bicyclic) bond motifs is 1. The van der Waals surface area contributed by atoms with Crippen LogP contribution in [0.4, 0.5) is 0 Å². The quantitative estimate of drug-likeness (QED) is 0.498. The van der Waals surface area contributed by atoms with E-state index in [4.69, 9.17) is 0 Å². The van der Waals surface area contributed by atoms with E-state index in [9.17, 15) is 0 Å². The molecule has 1 N–H and O–H groups in total. The van der Waals surface area contributed by atoms with Crippen molar-refractivity contribution in [3.05, 3.63) is 12.7 Å². The van der Waals surface area contributed by atoms with Crippen molar-refractivity contribution in [3.8, 4) is 0 Å². The first-order valence-corrected chi connectivity index (χ1v) is 3.13. The van der Waals surface area contributed by atoms with Gasteiger partial charge in [0.25, 0.3) is 0 Å². The van der Waals surface area contributed by atoms with E-state index in [0.717, 1.165) is 11.3 Å². The fourth-order valence-electron chi connectivity index (χ4n) is 1.17. The minimum Gasteiger partial charge on any atom is -0.300 e. The molecule has 0 spiro atoms. The molecule has 0 unspecified atom stereocenters. The largest absolute Gasteiger partial charge is 0.321 e. The van der Waals surface area contributed by atoms with Gasteiger partial charge in [0.2, 0.25) is 5.65 Å². The van der Waals surface area contributed by atoms with Crippen LogP contribution in [-0.2, 0) is 14.1 Å². The van der Waals surface area contributed by atoms with Gasteiger partial charge in [0.15, 0.2) is 12.7 Å². The van der Waals surface area contributed by atoms with Crippen molar-refractivity contribution in [2.45, 2.75) is 0 Å². The Morgan fingerprint density at radius 1 is 1.70 bits per heavy atom. The Bertz CT molecular complexity index is 325. The Hall–Kier alpha value is -1.32. The normalized spacial score (nSPS) is 11.0. The first kappa shape index (κ1) is 5.46. The number of H-pyrrole nitrogens is 1. The lowest BCUT2D eigenvalue weighted by molar-refractivity contribution is -0.647. The highest BCUT2D eigenvalue weighted by molar-refractivity contribution is 5.61. The monoisotopic (exact) mass is 137 g/mol. The lowest BCUT2D eigenvalue weighted by atomic mass is 10.7. The molecular weight excluding hydrogens is 128 g/mol. The molecule has 0 radical (unpaired) electrons. The van der Waals surface area contributed by atoms with Crippen molar-refractivity contribution in [2.75, 3.05) is 0 Å². The van der Waals surface area contributed by atoms with Gasteiger partial charge in [-0.2, -0.15) is 0 Å². The van der Waals surface area contributed by atoms with E-state index in [1.807, 2.05) is 29.6 Å². The average molecular weight is 137 g/mol. The molecule has 52 valence electrons. The SMILES string of the molecule is Cn1c[n+](C)c2nc[nH]c21. The van der Waals surface area contributed by atoms with Crippen molar-refractivity contribution in [1.29, 1.82) is 0 Å². The summed E-state index contributed by atoms with van der Waals surface area (Å²) >= 11 is 0. The highest BCUT2D eigenvalue weighted by atomic mass is 15.2. The Labute approximate surface area is 58.1 Å². The highest BCUT2D eigenvalue weighted by Gasteiger charge is 2.10. The number of nitrogens with one attached hydrogen (secondary N) is 1. The van der Waals surface area contributed by atoms with Crippen molar-refractivity contribution in [2.24, 2.45) is 14.1 Å². The van der Waals surface area contributed by atoms with Crippen molar-refractivity contribution >= 4 is 11.3 Å². The van der Waals surface area contributed by atoms with Gasteiger partial charge in [-0.05, 0) is 0 Å². The van der Waals surface area contributed by atoms with Crippen LogP contribution in [0, 0.1) is 0 Å². The maximum Gasteiger partial charge on any atom is 0.321 e. The molecular formula is C6H9N4+. The van der Waals surface area contributed by atoms with Gasteiger partial charge in [-0.25, -0.2) is 9.13 Å². The van der Waals surface area contributed by atoms with E-state index in [0.29, 0.717) is 0 Å². The molecule has 0 aliphatic carbocycles. The second-order valence-corrected chi connectivity index (χ2v) is 2.41. The van der Waals surface area contributed by atoms with E-state index < -0.39 is 0 Å². The lowest BCUT2D eigenvalue weighted by Crippen LogP contribution is -2.25. The fraction of sp³-hybridized carbons (Fsp3) is 0.333. The number of hydrogen-bond acceptors (Lipinski definition) is 1. The number of hydrogen-bond donors (Lipinski definition) is 1. The van der Waals surface area contributed by atoms with Gasteiger partial charge < -0.3 is 4.98 Å². The van der Waals surface area contributed by atoms with Crippen molar-refractivity contribution in [1.82, 2.24) is 14.5 Å². The third kappa shape index (κ3) is 0.504. The second kappa shape index (κ2) is 1.59. The van der Waals surface area contributed by atoms with Crippen LogP contribution in [0.5, 0.6) is 0 Å². The highest BCUT2D eigenvalue weighted by Crippen LogP contribution is 2.00. The van der Waals surface area contributed by atoms with E-state index >= 15 is 0 Å². The minimum atomic E-state index is 0.988. The number of aryl methyl sites for hydroxylation is 2.